The van der Waals surface area contributed by atoms with Crippen molar-refractivity contribution in [1.29, 1.82) is 0 Å². The van der Waals surface area contributed by atoms with Crippen molar-refractivity contribution in [2.75, 3.05) is 25.1 Å². The smallest absolute Gasteiger partial charge is 0.180 e. The molecule has 6 nitrogen and oxygen atoms in total. The minimum absolute atomic E-state index is 0. The van der Waals surface area contributed by atoms with Crippen LogP contribution >= 0.6 is 11.3 Å². The Bertz CT molecular complexity index is 822. The van der Waals surface area contributed by atoms with Crippen molar-refractivity contribution in [2.45, 2.75) is 34.1 Å². The fourth-order valence-electron chi connectivity index (χ4n) is 2.34. The minimum atomic E-state index is 0. The third-order valence-corrected chi connectivity index (χ3v) is 4.52. The van der Waals surface area contributed by atoms with Gasteiger partial charge in [0.2, 0.25) is 0 Å². The molecule has 7 heteroatoms. The summed E-state index contributed by atoms with van der Waals surface area (Å²) in [6.07, 6.45) is 5.68. The van der Waals surface area contributed by atoms with Crippen molar-refractivity contribution in [3.8, 4) is 11.5 Å². The molecule has 0 bridgehead atoms. The van der Waals surface area contributed by atoms with Crippen LogP contribution in [0.2, 0.25) is 0 Å². The first-order valence-corrected chi connectivity index (χ1v) is 9.31. The third kappa shape index (κ3) is 5.05. The van der Waals surface area contributed by atoms with E-state index in [1.54, 1.807) is 23.7 Å². The maximum Gasteiger partial charge on any atom is 0.180 e. The number of thiophene rings is 1. The van der Waals surface area contributed by atoms with Crippen LogP contribution in [-0.2, 0) is 0 Å². The summed E-state index contributed by atoms with van der Waals surface area (Å²) in [5.41, 5.74) is 0.956. The standard InChI is InChI=1S/C18H22N4O2S.CH4/c1-3-4-7-20-18-16(12-21-13(2)22-18)24-10-9-23-15-5-8-19-14-6-11-25-17(14)15;/h5-6,8,11-12H,3-4,7,9-10H2,1-2H3,(H,20,21,22);1H4. The summed E-state index contributed by atoms with van der Waals surface area (Å²) in [4.78, 5) is 12.9. The van der Waals surface area contributed by atoms with E-state index >= 15 is 0 Å². The van der Waals surface area contributed by atoms with Crippen molar-refractivity contribution >= 4 is 27.4 Å². The summed E-state index contributed by atoms with van der Waals surface area (Å²) in [5, 5.41) is 5.32. The van der Waals surface area contributed by atoms with Gasteiger partial charge >= 0.3 is 0 Å². The van der Waals surface area contributed by atoms with Gasteiger partial charge in [-0.3, -0.25) is 4.98 Å². The Morgan fingerprint density at radius 3 is 2.73 bits per heavy atom. The van der Waals surface area contributed by atoms with Crippen molar-refractivity contribution in [3.63, 3.8) is 0 Å². The van der Waals surface area contributed by atoms with E-state index in [1.165, 1.54) is 0 Å². The van der Waals surface area contributed by atoms with Gasteiger partial charge in [0, 0.05) is 12.7 Å². The quantitative estimate of drug-likeness (QED) is 0.548. The molecule has 26 heavy (non-hydrogen) atoms. The number of aromatic nitrogens is 3. The molecule has 3 aromatic heterocycles. The molecule has 1 N–H and O–H groups in total. The molecule has 3 aromatic rings. The lowest BCUT2D eigenvalue weighted by atomic mass is 10.3. The summed E-state index contributed by atoms with van der Waals surface area (Å²) < 4.78 is 12.7. The van der Waals surface area contributed by atoms with E-state index in [-0.39, 0.29) is 7.43 Å². The molecule has 0 saturated carbocycles. The van der Waals surface area contributed by atoms with Crippen molar-refractivity contribution in [1.82, 2.24) is 15.0 Å². The van der Waals surface area contributed by atoms with Crippen LogP contribution in [0.5, 0.6) is 11.5 Å². The molecule has 0 unspecified atom stereocenters. The zero-order valence-electron chi connectivity index (χ0n) is 14.5. The van der Waals surface area contributed by atoms with E-state index in [0.717, 1.165) is 47.0 Å². The largest absolute Gasteiger partial charge is 0.488 e. The molecule has 0 radical (unpaired) electrons. The van der Waals surface area contributed by atoms with Gasteiger partial charge in [-0.1, -0.05) is 20.8 Å². The molecule has 0 aromatic carbocycles. The minimum Gasteiger partial charge on any atom is -0.488 e. The fourth-order valence-corrected chi connectivity index (χ4v) is 3.16. The Balaban J connectivity index is 0.00000243. The SMILES string of the molecule is C.CCCCNc1nc(C)ncc1OCCOc1ccnc2ccsc12. The normalized spacial score (nSPS) is 10.4. The predicted molar refractivity (Wildman–Crippen MR) is 108 cm³/mol. The number of hydrogen-bond acceptors (Lipinski definition) is 7. The van der Waals surface area contributed by atoms with Crippen LogP contribution in [0.25, 0.3) is 10.2 Å². The highest BCUT2D eigenvalue weighted by molar-refractivity contribution is 7.17. The van der Waals surface area contributed by atoms with Crippen molar-refractivity contribution in [3.05, 3.63) is 35.7 Å². The second-order valence-electron chi connectivity index (χ2n) is 5.55. The van der Waals surface area contributed by atoms with Gasteiger partial charge in [-0.25, -0.2) is 9.97 Å². The summed E-state index contributed by atoms with van der Waals surface area (Å²) in [5.74, 6) is 2.95. The number of anilines is 1. The van der Waals surface area contributed by atoms with Gasteiger partial charge in [-0.15, -0.1) is 11.3 Å². The molecule has 0 amide bonds. The number of pyridine rings is 1. The topological polar surface area (TPSA) is 69.2 Å². The molecular formula is C19H26N4O2S. The maximum atomic E-state index is 5.85. The number of aryl methyl sites for hydroxylation is 1. The highest BCUT2D eigenvalue weighted by Crippen LogP contribution is 2.28. The predicted octanol–water partition coefficient (Wildman–Crippen LogP) is 4.70. The number of unbranched alkanes of at least 4 members (excludes halogenated alkanes) is 1. The van der Waals surface area contributed by atoms with Crippen LogP contribution in [0.3, 0.4) is 0 Å². The van der Waals surface area contributed by atoms with Crippen LogP contribution in [-0.4, -0.2) is 34.7 Å². The average molecular weight is 375 g/mol. The van der Waals surface area contributed by atoms with Gasteiger partial charge in [0.25, 0.3) is 0 Å². The molecule has 140 valence electrons. The van der Waals surface area contributed by atoms with E-state index in [2.05, 4.69) is 27.2 Å². The number of nitrogens with one attached hydrogen (secondary N) is 1. The maximum absolute atomic E-state index is 5.85. The van der Waals surface area contributed by atoms with Crippen molar-refractivity contribution < 1.29 is 9.47 Å². The molecule has 0 fully saturated rings. The van der Waals surface area contributed by atoms with Crippen LogP contribution in [0, 0.1) is 6.92 Å². The van der Waals surface area contributed by atoms with E-state index in [9.17, 15) is 0 Å². The van der Waals surface area contributed by atoms with Gasteiger partial charge in [0.1, 0.15) is 24.8 Å². The van der Waals surface area contributed by atoms with Crippen LogP contribution < -0.4 is 14.8 Å². The molecular weight excluding hydrogens is 348 g/mol. The van der Waals surface area contributed by atoms with E-state index < -0.39 is 0 Å². The lowest BCUT2D eigenvalue weighted by molar-refractivity contribution is 0.218. The second kappa shape index (κ2) is 9.91. The Morgan fingerprint density at radius 1 is 1.12 bits per heavy atom. The number of fused-ring (bicyclic) bond motifs is 1. The molecule has 0 spiro atoms. The first kappa shape index (κ1) is 19.9. The molecule has 3 rings (SSSR count). The van der Waals surface area contributed by atoms with E-state index in [1.807, 2.05) is 24.4 Å². The monoisotopic (exact) mass is 374 g/mol. The molecule has 3 heterocycles. The Labute approximate surface area is 158 Å². The Hall–Kier alpha value is -2.41. The highest BCUT2D eigenvalue weighted by atomic mass is 32.1. The highest BCUT2D eigenvalue weighted by Gasteiger charge is 2.08. The summed E-state index contributed by atoms with van der Waals surface area (Å²) in [6.45, 7) is 5.76. The zero-order valence-corrected chi connectivity index (χ0v) is 15.3. The Morgan fingerprint density at radius 2 is 1.92 bits per heavy atom. The lowest BCUT2D eigenvalue weighted by Gasteiger charge is -2.13. The van der Waals surface area contributed by atoms with Crippen LogP contribution in [0.1, 0.15) is 33.0 Å². The van der Waals surface area contributed by atoms with Gasteiger partial charge in [0.05, 0.1) is 16.4 Å². The number of nitrogens with zero attached hydrogens (tertiary/aromatic N) is 3. The van der Waals surface area contributed by atoms with E-state index in [4.69, 9.17) is 9.47 Å². The molecule has 0 saturated heterocycles. The zero-order chi connectivity index (χ0) is 17.5. The fraction of sp³-hybridized carbons (Fsp3) is 0.421. The number of ether oxygens (including phenoxy) is 2. The molecule has 0 aliphatic rings. The average Bonchev–Trinajstić information content (AvgIpc) is 3.10. The number of hydrogen-bond donors (Lipinski definition) is 1. The Kier molecular flexibility index (Phi) is 7.59. The summed E-state index contributed by atoms with van der Waals surface area (Å²) >= 11 is 1.63. The van der Waals surface area contributed by atoms with E-state index in [0.29, 0.717) is 19.0 Å². The first-order chi connectivity index (χ1) is 12.3. The number of rotatable bonds is 9. The van der Waals surface area contributed by atoms with Gasteiger partial charge < -0.3 is 14.8 Å². The lowest BCUT2D eigenvalue weighted by Crippen LogP contribution is -2.12. The summed E-state index contributed by atoms with van der Waals surface area (Å²) in [6, 6.07) is 3.87. The third-order valence-electron chi connectivity index (χ3n) is 3.60. The molecule has 0 aliphatic carbocycles. The van der Waals surface area contributed by atoms with Gasteiger partial charge in [-0.05, 0) is 30.9 Å². The second-order valence-corrected chi connectivity index (χ2v) is 6.47. The van der Waals surface area contributed by atoms with Crippen molar-refractivity contribution in [2.24, 2.45) is 0 Å². The van der Waals surface area contributed by atoms with Crippen LogP contribution in [0.4, 0.5) is 5.82 Å². The molecule has 0 aliphatic heterocycles. The molecule has 0 atom stereocenters. The first-order valence-electron chi connectivity index (χ1n) is 8.43. The van der Waals surface area contributed by atoms with Gasteiger partial charge in [-0.2, -0.15) is 0 Å². The van der Waals surface area contributed by atoms with Gasteiger partial charge in [0.15, 0.2) is 11.6 Å². The summed E-state index contributed by atoms with van der Waals surface area (Å²) in [7, 11) is 0. The van der Waals surface area contributed by atoms with Crippen LogP contribution in [0.15, 0.2) is 29.9 Å².